The highest BCUT2D eigenvalue weighted by molar-refractivity contribution is 7.89. The summed E-state index contributed by atoms with van der Waals surface area (Å²) in [5.74, 6) is 3.17. The van der Waals surface area contributed by atoms with E-state index >= 15 is 0 Å². The van der Waals surface area contributed by atoms with Crippen LogP contribution in [-0.2, 0) is 16.6 Å². The van der Waals surface area contributed by atoms with Crippen molar-refractivity contribution in [1.29, 1.82) is 0 Å². The van der Waals surface area contributed by atoms with E-state index in [1.165, 1.54) is 47.0 Å². The van der Waals surface area contributed by atoms with Gasteiger partial charge in [-0.2, -0.15) is 9.30 Å². The predicted molar refractivity (Wildman–Crippen MR) is 128 cm³/mol. The fraction of sp³-hybridized carbons (Fsp3) is 0.304. The quantitative estimate of drug-likeness (QED) is 0.478. The first-order valence-corrected chi connectivity index (χ1v) is 12.3. The van der Waals surface area contributed by atoms with Crippen molar-refractivity contribution in [1.82, 2.24) is 8.87 Å². The number of aromatic nitrogens is 1. The average molecular weight is 488 g/mol. The van der Waals surface area contributed by atoms with E-state index in [1.54, 1.807) is 44.8 Å². The number of thiazole rings is 1. The van der Waals surface area contributed by atoms with Gasteiger partial charge in [-0.15, -0.1) is 6.42 Å². The summed E-state index contributed by atoms with van der Waals surface area (Å²) in [6.07, 6.45) is 5.54. The lowest BCUT2D eigenvalue weighted by atomic mass is 10.2. The van der Waals surface area contributed by atoms with Gasteiger partial charge in [-0.1, -0.05) is 17.3 Å². The molecule has 0 saturated heterocycles. The number of hydrogen-bond donors (Lipinski definition) is 0. The summed E-state index contributed by atoms with van der Waals surface area (Å²) < 4.78 is 39.9. The van der Waals surface area contributed by atoms with Crippen molar-refractivity contribution in [2.75, 3.05) is 21.3 Å². The lowest BCUT2D eigenvalue weighted by molar-refractivity contribution is 0.0998. The van der Waals surface area contributed by atoms with Crippen LogP contribution in [0, 0.1) is 12.3 Å². The maximum Gasteiger partial charge on any atom is 0.279 e. The van der Waals surface area contributed by atoms with E-state index in [1.807, 2.05) is 0 Å². The first kappa shape index (κ1) is 24.5. The fourth-order valence-corrected chi connectivity index (χ4v) is 5.50. The fourth-order valence-electron chi connectivity index (χ4n) is 3.09. The number of carbonyl (C=O) groups excluding carboxylic acids is 1. The van der Waals surface area contributed by atoms with Gasteiger partial charge in [0.2, 0.25) is 10.0 Å². The number of methoxy groups -OCH3 is 2. The molecule has 0 aliphatic rings. The van der Waals surface area contributed by atoms with Crippen LogP contribution < -0.4 is 14.3 Å². The second-order valence-corrected chi connectivity index (χ2v) is 10.4. The van der Waals surface area contributed by atoms with Gasteiger partial charge in [-0.05, 0) is 38.1 Å². The summed E-state index contributed by atoms with van der Waals surface area (Å²) in [5.41, 5.74) is 1.03. The number of sulfonamides is 1. The minimum atomic E-state index is -3.64. The number of ether oxygens (including phenoxy) is 2. The molecule has 1 aromatic heterocycles. The summed E-state index contributed by atoms with van der Waals surface area (Å²) in [5, 5.41) is 0. The van der Waals surface area contributed by atoms with Gasteiger partial charge in [-0.25, -0.2) is 8.42 Å². The van der Waals surface area contributed by atoms with Gasteiger partial charge >= 0.3 is 0 Å². The van der Waals surface area contributed by atoms with Gasteiger partial charge in [0.1, 0.15) is 0 Å². The summed E-state index contributed by atoms with van der Waals surface area (Å²) in [4.78, 5) is 17.6. The summed E-state index contributed by atoms with van der Waals surface area (Å²) in [7, 11) is 0.964. The second kappa shape index (κ2) is 9.79. The van der Waals surface area contributed by atoms with Crippen molar-refractivity contribution in [2.45, 2.75) is 31.3 Å². The number of rotatable bonds is 7. The van der Waals surface area contributed by atoms with E-state index in [0.29, 0.717) is 16.3 Å². The number of amides is 1. The third-order valence-electron chi connectivity index (χ3n) is 5.14. The van der Waals surface area contributed by atoms with E-state index in [0.717, 1.165) is 10.2 Å². The highest BCUT2D eigenvalue weighted by atomic mass is 32.2. The Labute approximate surface area is 197 Å². The molecule has 0 aliphatic carbocycles. The van der Waals surface area contributed by atoms with Crippen molar-refractivity contribution >= 4 is 37.5 Å². The van der Waals surface area contributed by atoms with Gasteiger partial charge in [0.05, 0.1) is 35.9 Å². The van der Waals surface area contributed by atoms with E-state index < -0.39 is 15.9 Å². The van der Waals surface area contributed by atoms with Crippen molar-refractivity contribution in [2.24, 2.45) is 4.99 Å². The van der Waals surface area contributed by atoms with E-state index in [2.05, 4.69) is 10.9 Å². The molecule has 3 rings (SSSR count). The molecule has 0 N–H and O–H groups in total. The summed E-state index contributed by atoms with van der Waals surface area (Å²) in [6, 6.07) is 9.13. The van der Waals surface area contributed by atoms with E-state index in [4.69, 9.17) is 15.9 Å². The zero-order valence-electron chi connectivity index (χ0n) is 19.0. The highest BCUT2D eigenvalue weighted by Gasteiger charge is 2.23. The molecule has 8 nitrogen and oxygen atoms in total. The molecule has 0 saturated carbocycles. The number of carbonyl (C=O) groups is 1. The van der Waals surface area contributed by atoms with Gasteiger partial charge in [0, 0.05) is 30.8 Å². The van der Waals surface area contributed by atoms with Gasteiger partial charge in [0.15, 0.2) is 16.3 Å². The minimum Gasteiger partial charge on any atom is -0.493 e. The Kier molecular flexibility index (Phi) is 7.27. The lowest BCUT2D eigenvalue weighted by Gasteiger charge is -2.20. The smallest absolute Gasteiger partial charge is 0.279 e. The third kappa shape index (κ3) is 4.80. The molecule has 3 aromatic rings. The van der Waals surface area contributed by atoms with Crippen LogP contribution in [0.3, 0.4) is 0 Å². The molecule has 1 amide bonds. The molecule has 0 atom stereocenters. The Morgan fingerprint density at radius 1 is 1.18 bits per heavy atom. The Hall–Kier alpha value is -3.13. The summed E-state index contributed by atoms with van der Waals surface area (Å²) in [6.45, 7) is 3.78. The largest absolute Gasteiger partial charge is 0.493 e. The van der Waals surface area contributed by atoms with Crippen LogP contribution in [0.25, 0.3) is 10.2 Å². The van der Waals surface area contributed by atoms with Crippen LogP contribution in [0.4, 0.5) is 0 Å². The maximum atomic E-state index is 12.9. The number of benzene rings is 2. The first-order valence-electron chi connectivity index (χ1n) is 10.00. The molecule has 0 bridgehead atoms. The topological polar surface area (TPSA) is 90.2 Å². The molecule has 1 heterocycles. The second-order valence-electron chi connectivity index (χ2n) is 7.41. The van der Waals surface area contributed by atoms with Crippen LogP contribution >= 0.6 is 11.3 Å². The molecular formula is C23H25N3O5S2. The van der Waals surface area contributed by atoms with Gasteiger partial charge < -0.3 is 14.0 Å². The Morgan fingerprint density at radius 2 is 1.79 bits per heavy atom. The maximum absolute atomic E-state index is 12.9. The molecule has 174 valence electrons. The average Bonchev–Trinajstić information content (AvgIpc) is 3.13. The first-order chi connectivity index (χ1) is 15.6. The Balaban J connectivity index is 2.04. The van der Waals surface area contributed by atoms with Crippen molar-refractivity contribution in [3.05, 3.63) is 46.8 Å². The SMILES string of the molecule is C#CCn1c(=NC(=O)c2ccc(S(=O)(=O)N(C)C(C)C)cc2)sc2cc(OC)c(OC)cc21. The third-order valence-corrected chi connectivity index (χ3v) is 8.23. The Morgan fingerprint density at radius 3 is 2.33 bits per heavy atom. The molecular weight excluding hydrogens is 462 g/mol. The molecule has 2 aromatic carbocycles. The van der Waals surface area contributed by atoms with Crippen molar-refractivity contribution in [3.63, 3.8) is 0 Å². The standard InChI is InChI=1S/C23H25N3O5S2/c1-7-12-26-18-13-19(30-5)20(31-6)14-21(18)32-23(26)24-22(27)16-8-10-17(11-9-16)33(28,29)25(4)15(2)3/h1,8-11,13-15H,12H2,2-6H3. The molecule has 33 heavy (non-hydrogen) atoms. The molecule has 0 spiro atoms. The number of fused-ring (bicyclic) bond motifs is 1. The highest BCUT2D eigenvalue weighted by Crippen LogP contribution is 2.33. The Bertz CT molecular complexity index is 1390. The molecule has 10 heteroatoms. The van der Waals surface area contributed by atoms with E-state index in [-0.39, 0.29) is 23.0 Å². The molecule has 0 unspecified atom stereocenters. The van der Waals surface area contributed by atoms with E-state index in [9.17, 15) is 13.2 Å². The van der Waals surface area contributed by atoms with Crippen molar-refractivity contribution < 1.29 is 22.7 Å². The monoisotopic (exact) mass is 487 g/mol. The summed E-state index contributed by atoms with van der Waals surface area (Å²) >= 11 is 1.29. The van der Waals surface area contributed by atoms with Gasteiger partial charge in [-0.3, -0.25) is 4.79 Å². The van der Waals surface area contributed by atoms with Crippen molar-refractivity contribution in [3.8, 4) is 23.8 Å². The molecule has 0 fully saturated rings. The van der Waals surface area contributed by atoms with Crippen LogP contribution in [-0.4, -0.2) is 50.5 Å². The zero-order valence-corrected chi connectivity index (χ0v) is 20.7. The lowest BCUT2D eigenvalue weighted by Crippen LogP contribution is -2.33. The van der Waals surface area contributed by atoms with Crippen LogP contribution in [0.5, 0.6) is 11.5 Å². The molecule has 0 aliphatic heterocycles. The normalized spacial score (nSPS) is 12.4. The number of terminal acetylenes is 1. The van der Waals surface area contributed by atoms with Crippen LogP contribution in [0.15, 0.2) is 46.3 Å². The number of nitrogens with zero attached hydrogens (tertiary/aromatic N) is 3. The molecule has 0 radical (unpaired) electrons. The predicted octanol–water partition coefficient (Wildman–Crippen LogP) is 3.12. The van der Waals surface area contributed by atoms with Gasteiger partial charge in [0.25, 0.3) is 5.91 Å². The zero-order chi connectivity index (χ0) is 24.3. The minimum absolute atomic E-state index is 0.110. The number of hydrogen-bond acceptors (Lipinski definition) is 6. The van der Waals surface area contributed by atoms with Crippen LogP contribution in [0.2, 0.25) is 0 Å². The van der Waals surface area contributed by atoms with Crippen LogP contribution in [0.1, 0.15) is 24.2 Å².